The quantitative estimate of drug-likeness (QED) is 0.134. The second kappa shape index (κ2) is 25.4. The summed E-state index contributed by atoms with van der Waals surface area (Å²) in [5.41, 5.74) is 33.9. The molecular weight excluding hydrogens is 1300 g/mol. The van der Waals surface area contributed by atoms with Gasteiger partial charge in [-0.3, -0.25) is 0 Å². The maximum Gasteiger partial charge on any atom is 0.252 e. The van der Waals surface area contributed by atoms with Crippen LogP contribution in [-0.2, 0) is 21.7 Å². The minimum Gasteiger partial charge on any atom is -0.310 e. The molecule has 0 N–H and O–H groups in total. The molecular formula is C103H99BN4. The minimum atomic E-state index is -0.219. The Balaban J connectivity index is 1.01. The molecule has 1 saturated carbocycles. The molecule has 18 rings (SSSR count). The summed E-state index contributed by atoms with van der Waals surface area (Å²) in [6.45, 7) is 35.5. The Kier molecular flexibility index (Phi) is 16.2. The van der Waals surface area contributed by atoms with E-state index in [4.69, 9.17) is 0 Å². The van der Waals surface area contributed by atoms with Gasteiger partial charge in [-0.05, 0) is 210 Å². The lowest BCUT2D eigenvalue weighted by Crippen LogP contribution is -2.61. The van der Waals surface area contributed by atoms with Crippen LogP contribution < -0.4 is 26.2 Å². The van der Waals surface area contributed by atoms with Crippen molar-refractivity contribution >= 4 is 101 Å². The third kappa shape index (κ3) is 11.6. The van der Waals surface area contributed by atoms with Crippen LogP contribution in [0.1, 0.15) is 157 Å². The van der Waals surface area contributed by atoms with Crippen LogP contribution >= 0.6 is 0 Å². The molecule has 0 spiro atoms. The second-order valence-electron chi connectivity index (χ2n) is 36.6. The van der Waals surface area contributed by atoms with Gasteiger partial charge in [0.05, 0.1) is 33.4 Å². The average molecular weight is 1400 g/mol. The van der Waals surface area contributed by atoms with Crippen LogP contribution in [0.4, 0.5) is 34.1 Å². The number of rotatable bonds is 9. The van der Waals surface area contributed by atoms with Crippen LogP contribution in [0, 0.1) is 11.3 Å². The molecule has 5 heteroatoms. The van der Waals surface area contributed by atoms with Crippen LogP contribution in [-0.4, -0.2) is 15.8 Å². The summed E-state index contributed by atoms with van der Waals surface area (Å²) in [7, 11) is 0. The third-order valence-corrected chi connectivity index (χ3v) is 24.3. The monoisotopic (exact) mass is 1400 g/mol. The molecule has 1 aliphatic carbocycles. The number of aromatic nitrogens is 2. The van der Waals surface area contributed by atoms with E-state index in [1.807, 2.05) is 0 Å². The zero-order chi connectivity index (χ0) is 74.7. The van der Waals surface area contributed by atoms with Crippen LogP contribution in [0.3, 0.4) is 0 Å². The number of anilines is 6. The molecule has 4 nitrogen and oxygen atoms in total. The van der Waals surface area contributed by atoms with E-state index >= 15 is 0 Å². The lowest BCUT2D eigenvalue weighted by atomic mass is 9.33. The highest BCUT2D eigenvalue weighted by Crippen LogP contribution is 2.56. The predicted octanol–water partition coefficient (Wildman–Crippen LogP) is 26.8. The normalized spacial score (nSPS) is 15.8. The second-order valence-corrected chi connectivity index (χ2v) is 36.6. The molecule has 15 aromatic rings. The van der Waals surface area contributed by atoms with Gasteiger partial charge in [0, 0.05) is 77.9 Å². The highest BCUT2D eigenvalue weighted by atomic mass is 15.2. The Morgan fingerprint density at radius 3 is 0.935 bits per heavy atom. The molecule has 3 aliphatic rings. The maximum atomic E-state index is 2.78. The SMILES string of the molecule is CC1CC(c2cc3c4c(c2)N(c2c(-c5ccccc5)cccc2-c2ccccc2)c2cc(-n5c6ccc(C(C)(C)C)cc6c6cc(C(C)(C)C)ccc65)ccc2B4c2ccc(-n4c5ccc(C(C)(C)C)cc5c5cc(C(C)(C)C)ccc54)cc2N3c2c(-c3ccccc3)cccc2-c2ccccc2)CC(C)(C)C1. The van der Waals surface area contributed by atoms with Gasteiger partial charge in [-0.1, -0.05) is 298 Å². The summed E-state index contributed by atoms with van der Waals surface area (Å²) >= 11 is 0. The van der Waals surface area contributed by atoms with Crippen molar-refractivity contribution in [1.82, 2.24) is 9.13 Å². The van der Waals surface area contributed by atoms with Gasteiger partial charge in [0.15, 0.2) is 0 Å². The molecule has 0 bridgehead atoms. The maximum absolute atomic E-state index is 2.78. The molecule has 2 unspecified atom stereocenters. The molecule has 0 radical (unpaired) electrons. The van der Waals surface area contributed by atoms with E-state index < -0.39 is 0 Å². The molecule has 1 fully saturated rings. The van der Waals surface area contributed by atoms with Crippen molar-refractivity contribution in [2.24, 2.45) is 11.3 Å². The fourth-order valence-electron chi connectivity index (χ4n) is 19.0. The van der Waals surface area contributed by atoms with E-state index in [1.165, 1.54) is 161 Å². The van der Waals surface area contributed by atoms with Crippen LogP contribution in [0.2, 0.25) is 0 Å². The van der Waals surface area contributed by atoms with Gasteiger partial charge < -0.3 is 18.9 Å². The Hall–Kier alpha value is -10.9. The topological polar surface area (TPSA) is 16.3 Å². The fourth-order valence-corrected chi connectivity index (χ4v) is 19.0. The highest BCUT2D eigenvalue weighted by Gasteiger charge is 2.47. The fraction of sp³-hybridized carbons (Fsp3) is 0.243. The van der Waals surface area contributed by atoms with Crippen LogP contribution in [0.5, 0.6) is 0 Å². The van der Waals surface area contributed by atoms with Gasteiger partial charge in [-0.15, -0.1) is 0 Å². The third-order valence-electron chi connectivity index (χ3n) is 24.3. The summed E-state index contributed by atoms with van der Waals surface area (Å²) in [5.74, 6) is 0.797. The van der Waals surface area contributed by atoms with Gasteiger partial charge >= 0.3 is 0 Å². The average Bonchev–Trinajstić information content (AvgIpc) is 0.775. The highest BCUT2D eigenvalue weighted by molar-refractivity contribution is 7.00. The van der Waals surface area contributed by atoms with E-state index in [2.05, 4.69) is 402 Å². The smallest absolute Gasteiger partial charge is 0.252 e. The van der Waals surface area contributed by atoms with Gasteiger partial charge in [-0.2, -0.15) is 0 Å². The summed E-state index contributed by atoms with van der Waals surface area (Å²) in [6, 6.07) is 109. The molecule has 534 valence electrons. The Bertz CT molecular complexity index is 5450. The van der Waals surface area contributed by atoms with Crippen molar-refractivity contribution < 1.29 is 0 Å². The zero-order valence-electron chi connectivity index (χ0n) is 65.7. The van der Waals surface area contributed by atoms with Gasteiger partial charge in [0.2, 0.25) is 0 Å². The number of fused-ring (bicyclic) bond motifs is 10. The van der Waals surface area contributed by atoms with E-state index in [0.29, 0.717) is 5.92 Å². The van der Waals surface area contributed by atoms with Crippen LogP contribution in [0.15, 0.2) is 279 Å². The number of hydrogen-bond acceptors (Lipinski definition) is 2. The molecule has 0 amide bonds. The van der Waals surface area contributed by atoms with E-state index in [1.54, 1.807) is 0 Å². The van der Waals surface area contributed by atoms with Crippen molar-refractivity contribution in [3.8, 4) is 55.9 Å². The van der Waals surface area contributed by atoms with Gasteiger partial charge in [0.1, 0.15) is 0 Å². The number of hydrogen-bond donors (Lipinski definition) is 0. The first kappa shape index (κ1) is 68.9. The predicted molar refractivity (Wildman–Crippen MR) is 465 cm³/mol. The van der Waals surface area contributed by atoms with Crippen molar-refractivity contribution in [3.63, 3.8) is 0 Å². The van der Waals surface area contributed by atoms with Crippen molar-refractivity contribution in [3.05, 3.63) is 307 Å². The molecule has 0 saturated heterocycles. The van der Waals surface area contributed by atoms with E-state index in [-0.39, 0.29) is 39.7 Å². The Labute approximate surface area is 640 Å². The standard InChI is InChI=1S/C103H99BN4/c1-65-54-71(64-103(14,15)63-65)70-55-94-96-95(56-70)108(98-80(68-34-24-18-25-35-68)40-29-41-81(98)69-36-26-19-27-37-69)93-62-77(106-90-52-44-74(101(8,9)10)59-84(90)85-60-75(102(11,12)13)45-53-91(85)106)47-49-87(93)104(96)86-48-46-76(105-88-50-42-72(99(2,3)4)57-82(88)83-58-73(100(5,6)7)43-51-89(83)105)61-92(86)107(94)97-78(66-30-20-16-21-31-66)38-28-39-79(97)67-32-22-17-23-33-67/h16-53,55-62,65,71H,54,63-64H2,1-15H3. The van der Waals surface area contributed by atoms with Gasteiger partial charge in [-0.25, -0.2) is 0 Å². The summed E-state index contributed by atoms with van der Waals surface area (Å²) in [6.07, 6.45) is 3.37. The van der Waals surface area contributed by atoms with E-state index in [0.717, 1.165) is 35.6 Å². The summed E-state index contributed by atoms with van der Waals surface area (Å²) < 4.78 is 5.17. The number of nitrogens with zero attached hydrogens (tertiary/aromatic N) is 4. The van der Waals surface area contributed by atoms with Gasteiger partial charge in [0.25, 0.3) is 6.71 Å². The van der Waals surface area contributed by atoms with Crippen molar-refractivity contribution in [2.45, 2.75) is 151 Å². The lowest BCUT2D eigenvalue weighted by molar-refractivity contribution is 0.168. The molecule has 13 aromatic carbocycles. The first-order chi connectivity index (χ1) is 51.7. The van der Waals surface area contributed by atoms with Crippen molar-refractivity contribution in [2.75, 3.05) is 9.80 Å². The Morgan fingerprint density at radius 2 is 0.639 bits per heavy atom. The molecule has 4 heterocycles. The van der Waals surface area contributed by atoms with Crippen LogP contribution in [0.25, 0.3) is 99.5 Å². The minimum absolute atomic E-state index is 0.0508. The zero-order valence-corrected chi connectivity index (χ0v) is 65.7. The summed E-state index contributed by atoms with van der Waals surface area (Å²) in [4.78, 5) is 5.55. The molecule has 108 heavy (non-hydrogen) atoms. The molecule has 2 aromatic heterocycles. The largest absolute Gasteiger partial charge is 0.310 e. The summed E-state index contributed by atoms with van der Waals surface area (Å²) in [5, 5.41) is 5.11. The lowest BCUT2D eigenvalue weighted by Gasteiger charge is -2.47. The first-order valence-electron chi connectivity index (χ1n) is 39.5. The number of benzene rings is 13. The Morgan fingerprint density at radius 1 is 0.324 bits per heavy atom. The first-order valence-corrected chi connectivity index (χ1v) is 39.5. The number of para-hydroxylation sites is 2. The van der Waals surface area contributed by atoms with E-state index in [9.17, 15) is 0 Å². The molecule has 2 atom stereocenters. The van der Waals surface area contributed by atoms with Crippen molar-refractivity contribution in [1.29, 1.82) is 0 Å². The molecule has 2 aliphatic heterocycles.